The molecule has 0 saturated heterocycles. The van der Waals surface area contributed by atoms with Gasteiger partial charge in [-0.25, -0.2) is 17.6 Å². The van der Waals surface area contributed by atoms with Gasteiger partial charge < -0.3 is 10.1 Å². The minimum Gasteiger partial charge on any atom is -0.462 e. The molecule has 0 heterocycles. The number of hydrogen-bond donors (Lipinski definition) is 2. The minimum atomic E-state index is -4.04. The van der Waals surface area contributed by atoms with Gasteiger partial charge in [0, 0.05) is 11.4 Å². The molecule has 1 amide bonds. The van der Waals surface area contributed by atoms with E-state index in [1.807, 2.05) is 0 Å². The highest BCUT2D eigenvalue weighted by Crippen LogP contribution is 2.27. The number of nitrogens with one attached hydrogen (secondary N) is 2. The molecule has 0 aliphatic rings. The van der Waals surface area contributed by atoms with E-state index >= 15 is 0 Å². The Morgan fingerprint density at radius 1 is 1.19 bits per heavy atom. The molecule has 0 spiro atoms. The van der Waals surface area contributed by atoms with Crippen LogP contribution in [0.1, 0.15) is 24.2 Å². The number of halogens is 2. The third-order valence-corrected chi connectivity index (χ3v) is 5.62. The highest BCUT2D eigenvalue weighted by molar-refractivity contribution is 9.10. The zero-order valence-corrected chi connectivity index (χ0v) is 16.8. The SMILES string of the molecule is CCOC(=O)c1ccc(S(=O)(=O)Nc2ccc(F)c(NC(C)=O)c2)c(Br)c1. The number of hydrogen-bond acceptors (Lipinski definition) is 5. The number of benzene rings is 2. The molecule has 0 aromatic heterocycles. The summed E-state index contributed by atoms with van der Waals surface area (Å²) >= 11 is 3.13. The topological polar surface area (TPSA) is 102 Å². The second-order valence-corrected chi connectivity index (χ2v) is 7.85. The van der Waals surface area contributed by atoms with Crippen LogP contribution in [-0.4, -0.2) is 26.9 Å². The molecule has 0 radical (unpaired) electrons. The number of rotatable bonds is 6. The molecule has 0 atom stereocenters. The Labute approximate surface area is 164 Å². The number of sulfonamides is 1. The van der Waals surface area contributed by atoms with Crippen molar-refractivity contribution in [1.82, 2.24) is 0 Å². The molecule has 2 aromatic carbocycles. The van der Waals surface area contributed by atoms with E-state index in [-0.39, 0.29) is 32.9 Å². The van der Waals surface area contributed by atoms with Gasteiger partial charge in [0.05, 0.1) is 23.5 Å². The molecule has 0 bridgehead atoms. The highest BCUT2D eigenvalue weighted by Gasteiger charge is 2.20. The molecule has 0 fully saturated rings. The lowest BCUT2D eigenvalue weighted by atomic mass is 10.2. The largest absolute Gasteiger partial charge is 0.462 e. The minimum absolute atomic E-state index is 0.0570. The summed E-state index contributed by atoms with van der Waals surface area (Å²) in [5.74, 6) is -1.77. The predicted molar refractivity (Wildman–Crippen MR) is 102 cm³/mol. The molecule has 0 aliphatic carbocycles. The smallest absolute Gasteiger partial charge is 0.338 e. The Morgan fingerprint density at radius 3 is 2.48 bits per heavy atom. The van der Waals surface area contributed by atoms with E-state index in [2.05, 4.69) is 26.0 Å². The first kappa shape index (κ1) is 20.8. The summed E-state index contributed by atoms with van der Waals surface area (Å²) in [6, 6.07) is 7.32. The van der Waals surface area contributed by atoms with Gasteiger partial charge in [-0.1, -0.05) is 0 Å². The third-order valence-electron chi connectivity index (χ3n) is 3.26. The van der Waals surface area contributed by atoms with E-state index in [0.29, 0.717) is 0 Å². The molecule has 0 unspecified atom stereocenters. The van der Waals surface area contributed by atoms with Gasteiger partial charge in [0.25, 0.3) is 10.0 Å². The third kappa shape index (κ3) is 5.27. The molecule has 0 saturated carbocycles. The normalized spacial score (nSPS) is 11.0. The van der Waals surface area contributed by atoms with E-state index in [0.717, 1.165) is 12.1 Å². The summed E-state index contributed by atoms with van der Waals surface area (Å²) in [7, 11) is -4.04. The molecule has 2 aromatic rings. The average molecular weight is 459 g/mol. The quantitative estimate of drug-likeness (QED) is 0.644. The van der Waals surface area contributed by atoms with Crippen LogP contribution in [0, 0.1) is 5.82 Å². The lowest BCUT2D eigenvalue weighted by Crippen LogP contribution is -2.15. The van der Waals surface area contributed by atoms with Crippen molar-refractivity contribution in [2.75, 3.05) is 16.6 Å². The van der Waals surface area contributed by atoms with Crippen LogP contribution in [0.3, 0.4) is 0 Å². The number of carbonyl (C=O) groups is 2. The van der Waals surface area contributed by atoms with E-state index < -0.39 is 27.7 Å². The fourth-order valence-corrected chi connectivity index (χ4v) is 4.27. The van der Waals surface area contributed by atoms with Gasteiger partial charge in [0.2, 0.25) is 5.91 Å². The molecule has 2 N–H and O–H groups in total. The van der Waals surface area contributed by atoms with Crippen molar-refractivity contribution < 1.29 is 27.1 Å². The molecular weight excluding hydrogens is 443 g/mol. The Hall–Kier alpha value is -2.46. The molecule has 7 nitrogen and oxygen atoms in total. The van der Waals surface area contributed by atoms with Gasteiger partial charge in [-0.2, -0.15) is 0 Å². The summed E-state index contributed by atoms with van der Waals surface area (Å²) < 4.78 is 46.2. The molecule has 144 valence electrons. The summed E-state index contributed by atoms with van der Waals surface area (Å²) in [6.07, 6.45) is 0. The maximum atomic E-state index is 13.7. The van der Waals surface area contributed by atoms with Crippen LogP contribution in [0.25, 0.3) is 0 Å². The van der Waals surface area contributed by atoms with Crippen molar-refractivity contribution in [1.29, 1.82) is 0 Å². The van der Waals surface area contributed by atoms with Crippen molar-refractivity contribution in [3.05, 3.63) is 52.3 Å². The number of anilines is 2. The molecule has 10 heteroatoms. The van der Waals surface area contributed by atoms with Gasteiger partial charge >= 0.3 is 5.97 Å². The summed E-state index contributed by atoms with van der Waals surface area (Å²) in [5, 5.41) is 2.27. The van der Waals surface area contributed by atoms with Crippen molar-refractivity contribution >= 4 is 49.2 Å². The fourth-order valence-electron chi connectivity index (χ4n) is 2.14. The predicted octanol–water partition coefficient (Wildman–Crippen LogP) is 3.52. The molecule has 27 heavy (non-hydrogen) atoms. The van der Waals surface area contributed by atoms with Crippen LogP contribution in [0.2, 0.25) is 0 Å². The lowest BCUT2D eigenvalue weighted by Gasteiger charge is -2.12. The van der Waals surface area contributed by atoms with Crippen LogP contribution in [0.4, 0.5) is 15.8 Å². The monoisotopic (exact) mass is 458 g/mol. The van der Waals surface area contributed by atoms with Crippen LogP contribution >= 0.6 is 15.9 Å². The Bertz CT molecular complexity index is 995. The van der Waals surface area contributed by atoms with Gasteiger partial charge in [0.15, 0.2) is 0 Å². The molecular formula is C17H16BrFN2O5S. The average Bonchev–Trinajstić information content (AvgIpc) is 2.57. The highest BCUT2D eigenvalue weighted by atomic mass is 79.9. The number of amides is 1. The maximum Gasteiger partial charge on any atom is 0.338 e. The van der Waals surface area contributed by atoms with Gasteiger partial charge in [0.1, 0.15) is 10.7 Å². The Kier molecular flexibility index (Phi) is 6.55. The Morgan fingerprint density at radius 2 is 1.89 bits per heavy atom. The van der Waals surface area contributed by atoms with E-state index in [4.69, 9.17) is 4.74 Å². The summed E-state index contributed by atoms with van der Waals surface area (Å²) in [4.78, 5) is 22.7. The first-order chi connectivity index (χ1) is 12.6. The van der Waals surface area contributed by atoms with Gasteiger partial charge in [-0.15, -0.1) is 0 Å². The second kappa shape index (κ2) is 8.49. The van der Waals surface area contributed by atoms with E-state index in [1.165, 1.54) is 31.2 Å². The van der Waals surface area contributed by atoms with Crippen molar-refractivity contribution in [3.8, 4) is 0 Å². The van der Waals surface area contributed by atoms with Crippen molar-refractivity contribution in [3.63, 3.8) is 0 Å². The molecule has 0 aliphatic heterocycles. The molecule has 2 rings (SSSR count). The van der Waals surface area contributed by atoms with Crippen LogP contribution < -0.4 is 10.0 Å². The van der Waals surface area contributed by atoms with E-state index in [1.54, 1.807) is 6.92 Å². The second-order valence-electron chi connectivity index (χ2n) is 5.35. The maximum absolute atomic E-state index is 13.7. The van der Waals surface area contributed by atoms with Gasteiger partial charge in [-0.05, 0) is 59.3 Å². The first-order valence-corrected chi connectivity index (χ1v) is 9.98. The zero-order valence-electron chi connectivity index (χ0n) is 14.4. The van der Waals surface area contributed by atoms with Crippen LogP contribution in [0.5, 0.6) is 0 Å². The fraction of sp³-hybridized carbons (Fsp3) is 0.176. The number of esters is 1. The standard InChI is InChI=1S/C17H16BrFN2O5S/c1-3-26-17(23)11-4-7-16(13(18)8-11)27(24,25)21-12-5-6-14(19)15(9-12)20-10(2)22/h4-9,21H,3H2,1-2H3,(H,20,22). The lowest BCUT2D eigenvalue weighted by molar-refractivity contribution is -0.114. The Balaban J connectivity index is 2.31. The summed E-state index contributed by atoms with van der Waals surface area (Å²) in [6.45, 7) is 3.06. The van der Waals surface area contributed by atoms with Crippen LogP contribution in [0.15, 0.2) is 45.8 Å². The van der Waals surface area contributed by atoms with E-state index in [9.17, 15) is 22.4 Å². The van der Waals surface area contributed by atoms with Gasteiger partial charge in [-0.3, -0.25) is 9.52 Å². The number of ether oxygens (including phenoxy) is 1. The summed E-state index contributed by atoms with van der Waals surface area (Å²) in [5.41, 5.74) is 0.0957. The number of carbonyl (C=O) groups excluding carboxylic acids is 2. The van der Waals surface area contributed by atoms with Crippen molar-refractivity contribution in [2.24, 2.45) is 0 Å². The first-order valence-electron chi connectivity index (χ1n) is 7.70. The zero-order chi connectivity index (χ0) is 20.2. The van der Waals surface area contributed by atoms with Crippen LogP contribution in [-0.2, 0) is 19.6 Å². The van der Waals surface area contributed by atoms with Crippen molar-refractivity contribution in [2.45, 2.75) is 18.7 Å².